The molecule has 0 aliphatic rings. The molecule has 0 saturated heterocycles. The Morgan fingerprint density at radius 2 is 1.69 bits per heavy atom. The molecule has 0 fully saturated rings. The van der Waals surface area contributed by atoms with Gasteiger partial charge >= 0.3 is 0 Å². The van der Waals surface area contributed by atoms with Crippen LogP contribution in [-0.2, 0) is 4.79 Å². The Hall–Kier alpha value is -0.240. The smallest absolute Gasteiger partial charge is 0.219 e. The summed E-state index contributed by atoms with van der Waals surface area (Å²) < 4.78 is 0. The lowest BCUT2D eigenvalue weighted by Crippen LogP contribution is -2.23. The molecule has 0 rings (SSSR count). The highest BCUT2D eigenvalue weighted by molar-refractivity contribution is 6.17. The number of hydrogen-bond donors (Lipinski definition) is 1. The molecule has 1 amide bonds. The van der Waals surface area contributed by atoms with Crippen LogP contribution in [0.2, 0.25) is 0 Å². The van der Waals surface area contributed by atoms with Crippen LogP contribution in [0.3, 0.4) is 0 Å². The zero-order valence-electron chi connectivity index (χ0n) is 10.6. The van der Waals surface area contributed by atoms with Crippen molar-refractivity contribution in [3.05, 3.63) is 0 Å². The second kappa shape index (κ2) is 12.8. The second-order valence-corrected chi connectivity index (χ2v) is 4.64. The molecular formula is C13H26ClNO. The van der Waals surface area contributed by atoms with Crippen LogP contribution < -0.4 is 5.32 Å². The number of halogens is 1. The summed E-state index contributed by atoms with van der Waals surface area (Å²) in [6.45, 7) is 3.01. The van der Waals surface area contributed by atoms with Crippen molar-refractivity contribution in [2.45, 2.75) is 64.7 Å². The van der Waals surface area contributed by atoms with E-state index in [1.165, 1.54) is 32.1 Å². The topological polar surface area (TPSA) is 29.1 Å². The monoisotopic (exact) mass is 247 g/mol. The standard InChI is InChI=1S/C13H26ClNO/c1-2-3-4-7-10-13(16)15-12-9-6-5-8-11-14/h2-12H2,1H3,(H,15,16). The van der Waals surface area contributed by atoms with Crippen molar-refractivity contribution in [2.24, 2.45) is 0 Å². The molecule has 96 valence electrons. The van der Waals surface area contributed by atoms with Crippen molar-refractivity contribution in [3.8, 4) is 0 Å². The molecule has 0 bridgehead atoms. The highest BCUT2D eigenvalue weighted by Gasteiger charge is 1.99. The molecule has 2 nitrogen and oxygen atoms in total. The molecule has 16 heavy (non-hydrogen) atoms. The number of nitrogens with one attached hydrogen (secondary N) is 1. The van der Waals surface area contributed by atoms with Gasteiger partial charge in [-0.05, 0) is 19.3 Å². The molecule has 3 heteroatoms. The van der Waals surface area contributed by atoms with E-state index in [0.29, 0.717) is 6.42 Å². The average molecular weight is 248 g/mol. The van der Waals surface area contributed by atoms with Crippen LogP contribution in [0.25, 0.3) is 0 Å². The predicted molar refractivity (Wildman–Crippen MR) is 71.0 cm³/mol. The first-order chi connectivity index (χ1) is 7.81. The van der Waals surface area contributed by atoms with Crippen molar-refractivity contribution in [3.63, 3.8) is 0 Å². The van der Waals surface area contributed by atoms with Crippen LogP contribution in [0.1, 0.15) is 64.7 Å². The third kappa shape index (κ3) is 11.8. The Morgan fingerprint density at radius 3 is 2.38 bits per heavy atom. The van der Waals surface area contributed by atoms with Gasteiger partial charge in [0.25, 0.3) is 0 Å². The summed E-state index contributed by atoms with van der Waals surface area (Å²) in [5.74, 6) is 0.970. The molecule has 0 unspecified atom stereocenters. The lowest BCUT2D eigenvalue weighted by Gasteiger charge is -2.04. The van der Waals surface area contributed by atoms with E-state index >= 15 is 0 Å². The van der Waals surface area contributed by atoms with Crippen molar-refractivity contribution < 1.29 is 4.79 Å². The third-order valence-electron chi connectivity index (χ3n) is 2.64. The van der Waals surface area contributed by atoms with Crippen LogP contribution in [0.5, 0.6) is 0 Å². The largest absolute Gasteiger partial charge is 0.356 e. The number of hydrogen-bond acceptors (Lipinski definition) is 1. The minimum Gasteiger partial charge on any atom is -0.356 e. The van der Waals surface area contributed by atoms with Gasteiger partial charge in [-0.15, -0.1) is 11.6 Å². The van der Waals surface area contributed by atoms with E-state index in [4.69, 9.17) is 11.6 Å². The average Bonchev–Trinajstić information content (AvgIpc) is 2.29. The van der Waals surface area contributed by atoms with Gasteiger partial charge in [0.2, 0.25) is 5.91 Å². The highest BCUT2D eigenvalue weighted by Crippen LogP contribution is 2.03. The fourth-order valence-electron chi connectivity index (χ4n) is 1.60. The number of carbonyl (C=O) groups is 1. The van der Waals surface area contributed by atoms with Crippen molar-refractivity contribution in [1.29, 1.82) is 0 Å². The van der Waals surface area contributed by atoms with Crippen LogP contribution in [0.4, 0.5) is 0 Å². The van der Waals surface area contributed by atoms with Crippen LogP contribution in [0, 0.1) is 0 Å². The predicted octanol–water partition coefficient (Wildman–Crippen LogP) is 3.87. The summed E-state index contributed by atoms with van der Waals surface area (Å²) in [6, 6.07) is 0. The zero-order valence-corrected chi connectivity index (χ0v) is 11.3. The molecule has 0 aromatic rings. The minimum atomic E-state index is 0.216. The van der Waals surface area contributed by atoms with Crippen molar-refractivity contribution in [1.82, 2.24) is 5.32 Å². The van der Waals surface area contributed by atoms with Crippen LogP contribution >= 0.6 is 11.6 Å². The molecule has 0 heterocycles. The summed E-state index contributed by atoms with van der Waals surface area (Å²) in [7, 11) is 0. The Labute approximate surface area is 105 Å². The molecule has 0 radical (unpaired) electrons. The minimum absolute atomic E-state index is 0.216. The molecule has 0 aliphatic carbocycles. The first kappa shape index (κ1) is 15.8. The van der Waals surface area contributed by atoms with Crippen molar-refractivity contribution >= 4 is 17.5 Å². The van der Waals surface area contributed by atoms with Gasteiger partial charge < -0.3 is 5.32 Å². The van der Waals surface area contributed by atoms with E-state index in [2.05, 4.69) is 12.2 Å². The van der Waals surface area contributed by atoms with Gasteiger partial charge in [0.1, 0.15) is 0 Å². The normalized spacial score (nSPS) is 10.4. The van der Waals surface area contributed by atoms with Gasteiger partial charge in [-0.2, -0.15) is 0 Å². The highest BCUT2D eigenvalue weighted by atomic mass is 35.5. The Bertz CT molecular complexity index is 162. The van der Waals surface area contributed by atoms with Gasteiger partial charge in [-0.25, -0.2) is 0 Å². The van der Waals surface area contributed by atoms with E-state index in [0.717, 1.165) is 31.7 Å². The summed E-state index contributed by atoms with van der Waals surface area (Å²) in [5, 5.41) is 2.96. The van der Waals surface area contributed by atoms with Gasteiger partial charge in [-0.1, -0.05) is 39.0 Å². The van der Waals surface area contributed by atoms with Gasteiger partial charge in [0, 0.05) is 18.8 Å². The van der Waals surface area contributed by atoms with E-state index in [-0.39, 0.29) is 5.91 Å². The molecule has 0 saturated carbocycles. The van der Waals surface area contributed by atoms with E-state index in [1.54, 1.807) is 0 Å². The number of carbonyl (C=O) groups excluding carboxylic acids is 1. The Morgan fingerprint density at radius 1 is 1.00 bits per heavy atom. The fourth-order valence-corrected chi connectivity index (χ4v) is 1.79. The Kier molecular flexibility index (Phi) is 12.6. The molecule has 0 atom stereocenters. The number of alkyl halides is 1. The summed E-state index contributed by atoms with van der Waals surface area (Å²) in [5.41, 5.74) is 0. The van der Waals surface area contributed by atoms with Crippen LogP contribution in [-0.4, -0.2) is 18.3 Å². The number of amides is 1. The fraction of sp³-hybridized carbons (Fsp3) is 0.923. The molecule has 0 aliphatic heterocycles. The molecule has 0 aromatic carbocycles. The molecule has 0 aromatic heterocycles. The summed E-state index contributed by atoms with van der Waals surface area (Å²) in [4.78, 5) is 11.4. The molecule has 0 spiro atoms. The van der Waals surface area contributed by atoms with Gasteiger partial charge in [0.15, 0.2) is 0 Å². The second-order valence-electron chi connectivity index (χ2n) is 4.26. The maximum atomic E-state index is 11.4. The van der Waals surface area contributed by atoms with Gasteiger partial charge in [-0.3, -0.25) is 4.79 Å². The van der Waals surface area contributed by atoms with E-state index in [1.807, 2.05) is 0 Å². The van der Waals surface area contributed by atoms with Crippen molar-refractivity contribution in [2.75, 3.05) is 12.4 Å². The summed E-state index contributed by atoms with van der Waals surface area (Å²) in [6.07, 6.45) is 9.89. The maximum Gasteiger partial charge on any atom is 0.219 e. The summed E-state index contributed by atoms with van der Waals surface area (Å²) >= 11 is 5.58. The first-order valence-corrected chi connectivity index (χ1v) is 7.17. The number of unbranched alkanes of at least 4 members (excludes halogenated alkanes) is 6. The quantitative estimate of drug-likeness (QED) is 0.436. The number of rotatable bonds is 11. The Balaban J connectivity index is 3.11. The van der Waals surface area contributed by atoms with Crippen LogP contribution in [0.15, 0.2) is 0 Å². The first-order valence-electron chi connectivity index (χ1n) is 6.64. The molecule has 1 N–H and O–H groups in total. The van der Waals surface area contributed by atoms with E-state index in [9.17, 15) is 4.79 Å². The molecular weight excluding hydrogens is 222 g/mol. The third-order valence-corrected chi connectivity index (χ3v) is 2.91. The van der Waals surface area contributed by atoms with E-state index < -0.39 is 0 Å². The lowest BCUT2D eigenvalue weighted by molar-refractivity contribution is -0.121. The lowest BCUT2D eigenvalue weighted by atomic mass is 10.1. The SMILES string of the molecule is CCCCCCC(=O)NCCCCCCCl. The maximum absolute atomic E-state index is 11.4. The zero-order chi connectivity index (χ0) is 12.1. The van der Waals surface area contributed by atoms with Gasteiger partial charge in [0.05, 0.1) is 0 Å².